The van der Waals surface area contributed by atoms with Gasteiger partial charge in [-0.2, -0.15) is 0 Å². The summed E-state index contributed by atoms with van der Waals surface area (Å²) in [7, 11) is 0. The van der Waals surface area contributed by atoms with Crippen LogP contribution in [0, 0.1) is 5.92 Å². The number of unbranched alkanes of at least 4 members (excludes halogenated alkanes) is 7. The summed E-state index contributed by atoms with van der Waals surface area (Å²) in [6, 6.07) is -9.81. The Kier molecular flexibility index (Phi) is 31.5. The highest BCUT2D eigenvalue weighted by Crippen LogP contribution is 2.11. The molecule has 0 spiro atoms. The Balaban J connectivity index is 3.73. The molecule has 0 aromatic carbocycles. The molecule has 0 bridgehead atoms. The van der Waals surface area contributed by atoms with Crippen molar-refractivity contribution in [1.82, 2.24) is 42.5 Å². The lowest BCUT2D eigenvalue weighted by molar-refractivity contribution is -0.138. The predicted octanol–water partition coefficient (Wildman–Crippen LogP) is -4.03. The summed E-state index contributed by atoms with van der Waals surface area (Å²) >= 11 is 0. The minimum absolute atomic E-state index is 0.00575. The van der Waals surface area contributed by atoms with Gasteiger partial charge in [0, 0.05) is 32.6 Å². The zero-order valence-electron chi connectivity index (χ0n) is 41.9. The number of rotatable bonds is 24. The van der Waals surface area contributed by atoms with Crippen LogP contribution in [-0.2, 0) is 38.4 Å². The Morgan fingerprint density at radius 1 is 0.718 bits per heavy atom. The smallest absolute Gasteiger partial charge is 0.268 e. The quantitative estimate of drug-likeness (QED) is 0.0144. The first-order chi connectivity index (χ1) is 33.7. The van der Waals surface area contributed by atoms with Crippen LogP contribution in [0.4, 0.5) is 0 Å². The van der Waals surface area contributed by atoms with Gasteiger partial charge in [-0.15, -0.1) is 0 Å². The molecule has 8 amide bonds. The van der Waals surface area contributed by atoms with Gasteiger partial charge in [-0.1, -0.05) is 64.7 Å². The van der Waals surface area contributed by atoms with Crippen LogP contribution in [0.3, 0.4) is 0 Å². The van der Waals surface area contributed by atoms with Gasteiger partial charge in [0.1, 0.15) is 48.1 Å². The van der Waals surface area contributed by atoms with E-state index in [0.717, 1.165) is 32.1 Å². The van der Waals surface area contributed by atoms with Gasteiger partial charge in [-0.05, 0) is 77.2 Å². The maximum Gasteiger partial charge on any atom is 0.268 e. The first kappa shape index (κ1) is 63.3. The van der Waals surface area contributed by atoms with Gasteiger partial charge >= 0.3 is 0 Å². The molecule has 1 aliphatic rings. The fourth-order valence-electron chi connectivity index (χ4n) is 7.27. The summed E-state index contributed by atoms with van der Waals surface area (Å²) in [5.74, 6) is -8.32. The van der Waals surface area contributed by atoms with Crippen LogP contribution >= 0.6 is 0 Å². The lowest BCUT2D eigenvalue weighted by Gasteiger charge is -2.30. The number of carbonyl (C=O) groups excluding carboxylic acids is 8. The van der Waals surface area contributed by atoms with Crippen LogP contribution in [0.1, 0.15) is 118 Å². The number of nitrogens with two attached hydrogens (primary N) is 5. The number of aliphatic hydroxyl groups excluding tert-OH is 3. The number of nitrogens with one attached hydrogen (secondary N) is 8. The third-order valence-corrected chi connectivity index (χ3v) is 11.3. The summed E-state index contributed by atoms with van der Waals surface area (Å²) in [6.07, 6.45) is 8.13. The highest BCUT2D eigenvalue weighted by atomic mass is 16.3. The van der Waals surface area contributed by atoms with E-state index in [1.165, 1.54) is 25.8 Å². The Hall–Kier alpha value is -5.73. The van der Waals surface area contributed by atoms with Crippen molar-refractivity contribution in [3.05, 3.63) is 23.9 Å². The Labute approximate surface area is 416 Å². The fraction of sp³-hybridized carbons (Fsp3) is 0.717. The Bertz CT molecular complexity index is 1800. The minimum Gasteiger partial charge on any atom is -0.389 e. The number of hydrogen-bond donors (Lipinski definition) is 16. The summed E-state index contributed by atoms with van der Waals surface area (Å²) in [4.78, 5) is 114. The van der Waals surface area contributed by atoms with Crippen molar-refractivity contribution < 1.29 is 53.7 Å². The lowest BCUT2D eigenvalue weighted by atomic mass is 10.0. The molecule has 1 fully saturated rings. The highest BCUT2D eigenvalue weighted by molar-refractivity contribution is 6.02. The molecule has 0 aliphatic carbocycles. The number of aliphatic hydroxyl groups is 3. The van der Waals surface area contributed by atoms with E-state index >= 15 is 0 Å². The summed E-state index contributed by atoms with van der Waals surface area (Å²) in [5, 5.41) is 52.6. The van der Waals surface area contributed by atoms with Crippen molar-refractivity contribution in [2.45, 2.75) is 172 Å². The average Bonchev–Trinajstić information content (AvgIpc) is 3.33. The van der Waals surface area contributed by atoms with Gasteiger partial charge in [0.15, 0.2) is 5.96 Å². The molecule has 9 atom stereocenters. The van der Waals surface area contributed by atoms with E-state index in [1.807, 2.05) is 0 Å². The van der Waals surface area contributed by atoms with Crippen molar-refractivity contribution >= 4 is 53.2 Å². The first-order valence-electron chi connectivity index (χ1n) is 24.7. The fourth-order valence-corrected chi connectivity index (χ4v) is 7.27. The SMILES string of the molecule is CC=C1NC(=O)C(NC(=O)CCCCCC=CCCCCCC)C(O)CNC(=O)C(C(O)CN)NC(=O)C(C(O)CN)NC(=O)C(CCCN=C(N)N)NC(=O)C(CC(C)C)NC(=O)C(CCN)NC1=O. The van der Waals surface area contributed by atoms with Crippen LogP contribution in [0.15, 0.2) is 28.9 Å². The summed E-state index contributed by atoms with van der Waals surface area (Å²) in [6.45, 7) is 4.97. The molecule has 1 heterocycles. The lowest BCUT2D eigenvalue weighted by Crippen LogP contribution is -2.64. The minimum atomic E-state index is -1.91. The second kappa shape index (κ2) is 35.4. The van der Waals surface area contributed by atoms with E-state index in [2.05, 4.69) is 66.6 Å². The average molecular weight is 1010 g/mol. The molecule has 25 nitrogen and oxygen atoms in total. The molecule has 1 saturated heterocycles. The van der Waals surface area contributed by atoms with Crippen LogP contribution < -0.4 is 71.2 Å². The van der Waals surface area contributed by atoms with Crippen molar-refractivity contribution in [2.24, 2.45) is 39.6 Å². The Morgan fingerprint density at radius 3 is 1.83 bits per heavy atom. The van der Waals surface area contributed by atoms with Gasteiger partial charge in [-0.25, -0.2) is 0 Å². The third kappa shape index (κ3) is 24.8. The van der Waals surface area contributed by atoms with Crippen molar-refractivity contribution in [2.75, 3.05) is 32.7 Å². The van der Waals surface area contributed by atoms with E-state index < -0.39 is 127 Å². The molecule has 9 unspecified atom stereocenters. The van der Waals surface area contributed by atoms with Crippen LogP contribution in [-0.4, -0.2) is 156 Å². The molecule has 25 heteroatoms. The largest absolute Gasteiger partial charge is 0.389 e. The molecule has 0 saturated carbocycles. The number of carbonyl (C=O) groups is 8. The number of guanidine groups is 1. The Morgan fingerprint density at radius 2 is 1.27 bits per heavy atom. The van der Waals surface area contributed by atoms with Gasteiger partial charge in [0.05, 0.1) is 12.2 Å². The predicted molar refractivity (Wildman–Crippen MR) is 267 cm³/mol. The zero-order chi connectivity index (χ0) is 53.5. The van der Waals surface area contributed by atoms with Crippen LogP contribution in [0.2, 0.25) is 0 Å². The van der Waals surface area contributed by atoms with Gasteiger partial charge in [-0.3, -0.25) is 43.3 Å². The van der Waals surface area contributed by atoms with Gasteiger partial charge in [0.2, 0.25) is 41.4 Å². The van der Waals surface area contributed by atoms with E-state index in [1.54, 1.807) is 13.8 Å². The third-order valence-electron chi connectivity index (χ3n) is 11.3. The number of hydrogen-bond acceptors (Lipinski definition) is 15. The molecular weight excluding hydrogens is 925 g/mol. The first-order valence-corrected chi connectivity index (χ1v) is 24.7. The topological polar surface area (TPSA) is 436 Å². The standard InChI is InChI=1S/C46H84N14O11/c1-5-7-8-9-10-11-12-13-14-15-16-19-35(64)58-38-34(63)26-53-43(69)36(32(61)24-48)60-45(71)37(33(62)25-49)59-41(67)29(18-17-22-52-46(50)51)55-42(68)31(23-27(3)4)57-40(66)30(20-21-47)56-39(65)28(6-2)54-44(38)70/h6,11-12,27,29-34,36-38,61-63H,5,7-10,13-26,47-49H2,1-4H3,(H,53,69)(H,54,70)(H,55,68)(H,56,65)(H,57,66)(H,58,64)(H,59,67)(H,60,71)(H4,50,51,52). The molecule has 0 radical (unpaired) electrons. The number of aliphatic imine (C=N–C) groups is 1. The molecule has 404 valence electrons. The van der Waals surface area contributed by atoms with Gasteiger partial charge in [0.25, 0.3) is 5.91 Å². The number of nitrogens with zero attached hydrogens (tertiary/aromatic N) is 1. The molecule has 1 aliphatic heterocycles. The molecule has 21 N–H and O–H groups in total. The van der Waals surface area contributed by atoms with Crippen LogP contribution in [0.5, 0.6) is 0 Å². The van der Waals surface area contributed by atoms with E-state index in [4.69, 9.17) is 28.7 Å². The van der Waals surface area contributed by atoms with Crippen molar-refractivity contribution in [3.8, 4) is 0 Å². The van der Waals surface area contributed by atoms with E-state index in [-0.39, 0.29) is 57.1 Å². The van der Waals surface area contributed by atoms with E-state index in [9.17, 15) is 53.7 Å². The molecule has 0 aromatic rings. The number of amides is 8. The number of allylic oxidation sites excluding steroid dienone is 3. The maximum atomic E-state index is 14.0. The number of β-amino-alcohol motifs (C(OH)–C–C–N with tert-alkyl or cyclic N) is 1. The van der Waals surface area contributed by atoms with E-state index in [0.29, 0.717) is 12.8 Å². The second-order valence-corrected chi connectivity index (χ2v) is 17.9. The normalized spacial score (nSPS) is 24.2. The zero-order valence-corrected chi connectivity index (χ0v) is 41.9. The second-order valence-electron chi connectivity index (χ2n) is 17.9. The highest BCUT2D eigenvalue weighted by Gasteiger charge is 2.38. The molecule has 0 aromatic heterocycles. The molecular formula is C46H84N14O11. The summed E-state index contributed by atoms with van der Waals surface area (Å²) in [5.41, 5.74) is 27.7. The summed E-state index contributed by atoms with van der Waals surface area (Å²) < 4.78 is 0. The van der Waals surface area contributed by atoms with Crippen molar-refractivity contribution in [1.29, 1.82) is 0 Å². The monoisotopic (exact) mass is 1010 g/mol. The van der Waals surface area contributed by atoms with Crippen molar-refractivity contribution in [3.63, 3.8) is 0 Å². The van der Waals surface area contributed by atoms with Crippen LogP contribution in [0.25, 0.3) is 0 Å². The maximum absolute atomic E-state index is 14.0. The van der Waals surface area contributed by atoms with Gasteiger partial charge < -0.3 is 86.5 Å². The molecule has 1 rings (SSSR count). The molecule has 71 heavy (non-hydrogen) atoms.